The summed E-state index contributed by atoms with van der Waals surface area (Å²) in [4.78, 5) is 29.2. The topological polar surface area (TPSA) is 96.4 Å². The van der Waals surface area contributed by atoms with E-state index in [0.29, 0.717) is 42.4 Å². The molecule has 2 aromatic carbocycles. The third kappa shape index (κ3) is 4.44. The fraction of sp³-hybridized carbons (Fsp3) is 0.261. The van der Waals surface area contributed by atoms with Crippen LogP contribution in [0.3, 0.4) is 0 Å². The number of likely N-dealkylation sites (N-methyl/N-ethyl adjacent to an activating group) is 1. The van der Waals surface area contributed by atoms with E-state index in [4.69, 9.17) is 0 Å². The van der Waals surface area contributed by atoms with Gasteiger partial charge in [-0.2, -0.15) is 0 Å². The van der Waals surface area contributed by atoms with Gasteiger partial charge in [-0.25, -0.2) is 8.42 Å². The van der Waals surface area contributed by atoms with E-state index in [1.54, 1.807) is 49.3 Å². The molecule has 8 heteroatoms. The van der Waals surface area contributed by atoms with Gasteiger partial charge in [0.15, 0.2) is 0 Å². The van der Waals surface area contributed by atoms with Crippen molar-refractivity contribution < 1.29 is 18.0 Å². The number of nitrogens with zero attached hydrogens (tertiary/aromatic N) is 2. The minimum Gasteiger partial charge on any atom is -0.341 e. The van der Waals surface area contributed by atoms with Gasteiger partial charge < -0.3 is 9.69 Å². The molecule has 1 amide bonds. The molecule has 0 bridgehead atoms. The van der Waals surface area contributed by atoms with Crippen molar-refractivity contribution in [1.82, 2.24) is 9.88 Å². The van der Waals surface area contributed by atoms with Crippen molar-refractivity contribution in [2.75, 3.05) is 11.8 Å². The van der Waals surface area contributed by atoms with E-state index in [9.17, 15) is 18.0 Å². The average Bonchev–Trinajstić information content (AvgIpc) is 2.72. The second kappa shape index (κ2) is 8.11. The van der Waals surface area contributed by atoms with Gasteiger partial charge in [0.05, 0.1) is 11.9 Å². The quantitative estimate of drug-likeness (QED) is 0.639. The van der Waals surface area contributed by atoms with Crippen LogP contribution < -0.4 is 4.72 Å². The number of hydrogen-bond acceptors (Lipinski definition) is 5. The molecule has 3 aromatic rings. The van der Waals surface area contributed by atoms with Crippen LogP contribution in [-0.2, 0) is 39.0 Å². The number of carbonyl (C=O) groups is 2. The van der Waals surface area contributed by atoms with Gasteiger partial charge in [-0.05, 0) is 54.3 Å². The lowest BCUT2D eigenvalue weighted by Gasteiger charge is -2.25. The fourth-order valence-corrected chi connectivity index (χ4v) is 4.94. The smallest absolute Gasteiger partial charge is 0.264 e. The first-order valence-electron chi connectivity index (χ1n) is 9.98. The number of rotatable bonds is 6. The molecule has 0 unspecified atom stereocenters. The normalized spacial score (nSPS) is 13.9. The number of ketones is 1. The summed E-state index contributed by atoms with van der Waals surface area (Å²) < 4.78 is 28.9. The third-order valence-corrected chi connectivity index (χ3v) is 6.83. The maximum atomic E-state index is 13.1. The van der Waals surface area contributed by atoms with Gasteiger partial charge in [0, 0.05) is 37.3 Å². The zero-order chi connectivity index (χ0) is 22.2. The minimum absolute atomic E-state index is 0.0466. The average molecular weight is 438 g/mol. The second-order valence-electron chi connectivity index (χ2n) is 7.89. The monoisotopic (exact) mass is 437 g/mol. The fourth-order valence-electron chi connectivity index (χ4n) is 3.71. The van der Waals surface area contributed by atoms with Crippen LogP contribution in [0, 0.1) is 0 Å². The van der Waals surface area contributed by atoms with Gasteiger partial charge >= 0.3 is 0 Å². The number of para-hydroxylation sites is 1. The molecule has 7 nitrogen and oxygen atoms in total. The van der Waals surface area contributed by atoms with Crippen LogP contribution in [0.25, 0.3) is 10.9 Å². The Hall–Kier alpha value is -3.26. The molecule has 0 radical (unpaired) electrons. The highest BCUT2D eigenvalue weighted by Gasteiger charge is 2.22. The van der Waals surface area contributed by atoms with E-state index in [0.717, 1.165) is 16.7 Å². The molecule has 0 saturated carbocycles. The van der Waals surface area contributed by atoms with Crippen molar-refractivity contribution >= 4 is 38.3 Å². The summed E-state index contributed by atoms with van der Waals surface area (Å²) in [5, 5.41) is 0.703. The number of nitrogens with one attached hydrogen (secondary N) is 1. The minimum atomic E-state index is -3.88. The molecule has 1 aromatic heterocycles. The first-order chi connectivity index (χ1) is 14.7. The molecular formula is C23H23N3O4S. The van der Waals surface area contributed by atoms with Crippen LogP contribution in [0.4, 0.5) is 5.69 Å². The zero-order valence-corrected chi connectivity index (χ0v) is 18.2. The van der Waals surface area contributed by atoms with Crippen molar-refractivity contribution in [1.29, 1.82) is 0 Å². The first kappa shape index (κ1) is 21.0. The van der Waals surface area contributed by atoms with Crippen molar-refractivity contribution in [2.24, 2.45) is 0 Å². The highest BCUT2D eigenvalue weighted by Crippen LogP contribution is 2.27. The zero-order valence-electron chi connectivity index (χ0n) is 17.4. The molecular weight excluding hydrogens is 414 g/mol. The van der Waals surface area contributed by atoms with Gasteiger partial charge in [-0.1, -0.05) is 18.2 Å². The number of carbonyl (C=O) groups excluding carboxylic acids is 2. The number of pyridine rings is 1. The molecule has 0 aliphatic carbocycles. The molecule has 1 aliphatic heterocycles. The standard InChI is InChI=1S/C23H23N3O4S/c1-15(27)6-7-16-10-18-4-3-5-21(23(18)24-13-16)31(29,30)25-20-9-8-17-12-22(28)26(2)14-19(17)11-20/h3-5,8-11,13,25H,6-7,12,14H2,1-2H3. The van der Waals surface area contributed by atoms with Gasteiger partial charge in [0.1, 0.15) is 10.7 Å². The molecule has 0 saturated heterocycles. The van der Waals surface area contributed by atoms with Gasteiger partial charge in [0.2, 0.25) is 5.91 Å². The summed E-state index contributed by atoms with van der Waals surface area (Å²) in [6.45, 7) is 1.99. The van der Waals surface area contributed by atoms with Crippen LogP contribution in [0.15, 0.2) is 53.6 Å². The summed E-state index contributed by atoms with van der Waals surface area (Å²) >= 11 is 0. The van der Waals surface area contributed by atoms with Crippen molar-refractivity contribution in [3.8, 4) is 0 Å². The Morgan fingerprint density at radius 3 is 2.74 bits per heavy atom. The Balaban J connectivity index is 1.64. The maximum Gasteiger partial charge on any atom is 0.264 e. The van der Waals surface area contributed by atoms with Gasteiger partial charge in [-0.15, -0.1) is 0 Å². The Labute approximate surface area is 181 Å². The SMILES string of the molecule is CC(=O)CCc1cnc2c(S(=O)(=O)Nc3ccc4c(c3)CN(C)C(=O)C4)cccc2c1. The van der Waals surface area contributed by atoms with E-state index >= 15 is 0 Å². The van der Waals surface area contributed by atoms with Crippen LogP contribution in [0.1, 0.15) is 30.0 Å². The Bertz CT molecular complexity index is 1300. The van der Waals surface area contributed by atoms with Crippen LogP contribution in [0.5, 0.6) is 0 Å². The summed E-state index contributed by atoms with van der Waals surface area (Å²) in [7, 11) is -2.15. The Kier molecular flexibility index (Phi) is 5.49. The van der Waals surface area contributed by atoms with E-state index in [1.165, 1.54) is 6.07 Å². The molecule has 31 heavy (non-hydrogen) atoms. The predicted molar refractivity (Wildman–Crippen MR) is 118 cm³/mol. The molecule has 160 valence electrons. The van der Waals surface area contributed by atoms with Crippen molar-refractivity contribution in [2.45, 2.75) is 37.6 Å². The lowest BCUT2D eigenvalue weighted by Crippen LogP contribution is -2.32. The summed E-state index contributed by atoms with van der Waals surface area (Å²) in [6.07, 6.45) is 2.93. The number of anilines is 1. The molecule has 4 rings (SSSR count). The number of amides is 1. The van der Waals surface area contributed by atoms with Crippen molar-refractivity contribution in [3.63, 3.8) is 0 Å². The molecule has 0 fully saturated rings. The lowest BCUT2D eigenvalue weighted by atomic mass is 9.99. The summed E-state index contributed by atoms with van der Waals surface area (Å²) in [5.41, 5.74) is 3.55. The Morgan fingerprint density at radius 2 is 1.97 bits per heavy atom. The molecule has 1 aliphatic rings. The van der Waals surface area contributed by atoms with Crippen LogP contribution in [-0.4, -0.2) is 37.0 Å². The third-order valence-electron chi connectivity index (χ3n) is 5.42. The lowest BCUT2D eigenvalue weighted by molar-refractivity contribution is -0.130. The number of benzene rings is 2. The van der Waals surface area contributed by atoms with E-state index in [-0.39, 0.29) is 16.6 Å². The summed E-state index contributed by atoms with van der Waals surface area (Å²) in [6, 6.07) is 12.1. The predicted octanol–water partition coefficient (Wildman–Crippen LogP) is 3.07. The number of fused-ring (bicyclic) bond motifs is 2. The van der Waals surface area contributed by atoms with E-state index < -0.39 is 10.0 Å². The second-order valence-corrected chi connectivity index (χ2v) is 9.54. The van der Waals surface area contributed by atoms with Crippen molar-refractivity contribution in [3.05, 3.63) is 65.4 Å². The van der Waals surface area contributed by atoms with Gasteiger partial charge in [-0.3, -0.25) is 14.5 Å². The number of Topliss-reactive ketones (excluding diaryl/α,β-unsaturated/α-hetero) is 1. The van der Waals surface area contributed by atoms with E-state index in [1.807, 2.05) is 12.1 Å². The number of sulfonamides is 1. The van der Waals surface area contributed by atoms with Crippen LogP contribution >= 0.6 is 0 Å². The van der Waals surface area contributed by atoms with E-state index in [2.05, 4.69) is 9.71 Å². The summed E-state index contributed by atoms with van der Waals surface area (Å²) in [5.74, 6) is 0.145. The maximum absolute atomic E-state index is 13.1. The van der Waals surface area contributed by atoms with Crippen LogP contribution in [0.2, 0.25) is 0 Å². The number of hydrogen-bond donors (Lipinski definition) is 1. The molecule has 0 atom stereocenters. The first-order valence-corrected chi connectivity index (χ1v) is 11.5. The highest BCUT2D eigenvalue weighted by atomic mass is 32.2. The molecule has 0 spiro atoms. The van der Waals surface area contributed by atoms with Gasteiger partial charge in [0.25, 0.3) is 10.0 Å². The largest absolute Gasteiger partial charge is 0.341 e. The highest BCUT2D eigenvalue weighted by molar-refractivity contribution is 7.93. The Morgan fingerprint density at radius 1 is 1.16 bits per heavy atom. The molecule has 1 N–H and O–H groups in total. The number of aryl methyl sites for hydroxylation is 1. The number of aromatic nitrogens is 1. The molecule has 2 heterocycles.